The highest BCUT2D eigenvalue weighted by Crippen LogP contribution is 2.26. The van der Waals surface area contributed by atoms with Crippen molar-refractivity contribution in [1.82, 2.24) is 20.1 Å². The molecular formula is C23H17N5O4. The van der Waals surface area contributed by atoms with Crippen molar-refractivity contribution >= 4 is 23.4 Å². The van der Waals surface area contributed by atoms with Crippen LogP contribution in [0.15, 0.2) is 65.3 Å². The van der Waals surface area contributed by atoms with Crippen molar-refractivity contribution in [3.8, 4) is 11.4 Å². The van der Waals surface area contributed by atoms with E-state index in [0.29, 0.717) is 23.1 Å². The molecule has 32 heavy (non-hydrogen) atoms. The molecule has 4 aromatic rings. The number of carbonyl (C=O) groups excluding carboxylic acids is 3. The molecule has 3 amide bonds. The van der Waals surface area contributed by atoms with Gasteiger partial charge in [-0.05, 0) is 61.5 Å². The maximum absolute atomic E-state index is 12.8. The fourth-order valence-electron chi connectivity index (χ4n) is 3.51. The summed E-state index contributed by atoms with van der Waals surface area (Å²) in [5.74, 6) is 0.527. The van der Waals surface area contributed by atoms with Gasteiger partial charge < -0.3 is 9.73 Å². The lowest BCUT2D eigenvalue weighted by Crippen LogP contribution is -2.28. The molecule has 0 fully saturated rings. The molecule has 0 spiro atoms. The Balaban J connectivity index is 1.32. The highest BCUT2D eigenvalue weighted by atomic mass is 16.3. The summed E-state index contributed by atoms with van der Waals surface area (Å²) in [6.07, 6.45) is 1.48. The maximum atomic E-state index is 12.8. The number of aromatic amines is 1. The monoisotopic (exact) mass is 427 g/mol. The Hall–Kier alpha value is -4.53. The quantitative estimate of drug-likeness (QED) is 0.471. The molecule has 0 bridgehead atoms. The Morgan fingerprint density at radius 3 is 2.53 bits per heavy atom. The number of nitrogens with one attached hydrogen (secondary N) is 2. The molecule has 0 saturated heterocycles. The van der Waals surface area contributed by atoms with Crippen LogP contribution in [0.5, 0.6) is 0 Å². The van der Waals surface area contributed by atoms with Gasteiger partial charge in [0.1, 0.15) is 11.6 Å². The fraction of sp³-hybridized carbons (Fsp3) is 0.0870. The van der Waals surface area contributed by atoms with Crippen LogP contribution in [-0.2, 0) is 6.54 Å². The van der Waals surface area contributed by atoms with Crippen LogP contribution in [0.2, 0.25) is 0 Å². The number of benzene rings is 2. The van der Waals surface area contributed by atoms with E-state index in [4.69, 9.17) is 4.42 Å². The van der Waals surface area contributed by atoms with Gasteiger partial charge in [0.25, 0.3) is 17.7 Å². The van der Waals surface area contributed by atoms with Gasteiger partial charge in [-0.2, -0.15) is 5.10 Å². The van der Waals surface area contributed by atoms with Crippen molar-refractivity contribution in [2.75, 3.05) is 5.32 Å². The zero-order valence-corrected chi connectivity index (χ0v) is 17.0. The van der Waals surface area contributed by atoms with Gasteiger partial charge in [-0.3, -0.25) is 24.4 Å². The summed E-state index contributed by atoms with van der Waals surface area (Å²) in [4.78, 5) is 43.5. The van der Waals surface area contributed by atoms with Crippen molar-refractivity contribution < 1.29 is 18.8 Å². The smallest absolute Gasteiger partial charge is 0.261 e. The van der Waals surface area contributed by atoms with E-state index in [-0.39, 0.29) is 29.1 Å². The Kier molecular flexibility index (Phi) is 4.63. The Bertz CT molecular complexity index is 1340. The SMILES string of the molecule is Cc1nc(-c2ccc(NC(=O)c3ccc4c(c3)C(=O)N(Cc3ccco3)C4=O)cc2)n[nH]1. The molecule has 2 aromatic heterocycles. The minimum Gasteiger partial charge on any atom is -0.467 e. The van der Waals surface area contributed by atoms with Crippen LogP contribution >= 0.6 is 0 Å². The first-order chi connectivity index (χ1) is 15.5. The number of aryl methyl sites for hydroxylation is 1. The van der Waals surface area contributed by atoms with Crippen LogP contribution in [0.3, 0.4) is 0 Å². The van der Waals surface area contributed by atoms with Crippen LogP contribution < -0.4 is 5.32 Å². The third-order valence-corrected chi connectivity index (χ3v) is 5.13. The number of amides is 3. The number of hydrogen-bond acceptors (Lipinski definition) is 6. The first kappa shape index (κ1) is 19.4. The van der Waals surface area contributed by atoms with Crippen molar-refractivity contribution in [3.05, 3.63) is 89.1 Å². The van der Waals surface area contributed by atoms with Gasteiger partial charge in [0, 0.05) is 16.8 Å². The molecule has 5 rings (SSSR count). The lowest BCUT2D eigenvalue weighted by Gasteiger charge is -2.11. The zero-order chi connectivity index (χ0) is 22.2. The van der Waals surface area contributed by atoms with E-state index >= 15 is 0 Å². The van der Waals surface area contributed by atoms with Crippen LogP contribution in [0.25, 0.3) is 11.4 Å². The standard InChI is InChI=1S/C23H17N5O4/c1-13-24-20(27-26-13)14-4-7-16(8-5-14)25-21(29)15-6-9-18-19(11-15)23(31)28(22(18)30)12-17-3-2-10-32-17/h2-11H,12H2,1H3,(H,25,29)(H,24,26,27). The van der Waals surface area contributed by atoms with Gasteiger partial charge in [0.05, 0.1) is 23.9 Å². The van der Waals surface area contributed by atoms with Crippen molar-refractivity contribution in [3.63, 3.8) is 0 Å². The number of carbonyl (C=O) groups is 3. The average Bonchev–Trinajstić information content (AvgIpc) is 3.52. The lowest BCUT2D eigenvalue weighted by atomic mass is 10.1. The second kappa shape index (κ2) is 7.62. The van der Waals surface area contributed by atoms with Crippen molar-refractivity contribution in [2.24, 2.45) is 0 Å². The minimum atomic E-state index is -0.456. The van der Waals surface area contributed by atoms with Crippen molar-refractivity contribution in [1.29, 1.82) is 0 Å². The van der Waals surface area contributed by atoms with Gasteiger partial charge >= 0.3 is 0 Å². The summed E-state index contributed by atoms with van der Waals surface area (Å²) >= 11 is 0. The molecule has 0 atom stereocenters. The third kappa shape index (κ3) is 3.45. The summed E-state index contributed by atoms with van der Waals surface area (Å²) in [7, 11) is 0. The minimum absolute atomic E-state index is 0.0393. The average molecular weight is 427 g/mol. The Morgan fingerprint density at radius 2 is 1.84 bits per heavy atom. The van der Waals surface area contributed by atoms with E-state index in [2.05, 4.69) is 20.5 Å². The van der Waals surface area contributed by atoms with Crippen molar-refractivity contribution in [2.45, 2.75) is 13.5 Å². The fourth-order valence-corrected chi connectivity index (χ4v) is 3.51. The molecular weight excluding hydrogens is 410 g/mol. The lowest BCUT2D eigenvalue weighted by molar-refractivity contribution is 0.0631. The first-order valence-corrected chi connectivity index (χ1v) is 9.83. The molecule has 1 aliphatic rings. The Morgan fingerprint density at radius 1 is 1.06 bits per heavy atom. The van der Waals surface area contributed by atoms with Gasteiger partial charge in [0.15, 0.2) is 5.82 Å². The first-order valence-electron chi connectivity index (χ1n) is 9.83. The molecule has 0 radical (unpaired) electrons. The molecule has 9 heteroatoms. The normalized spacial score (nSPS) is 12.8. The summed E-state index contributed by atoms with van der Waals surface area (Å²) in [6, 6.07) is 14.9. The van der Waals surface area contributed by atoms with Crippen LogP contribution in [-0.4, -0.2) is 37.8 Å². The summed E-state index contributed by atoms with van der Waals surface area (Å²) < 4.78 is 5.24. The third-order valence-electron chi connectivity index (χ3n) is 5.13. The number of nitrogens with zero attached hydrogens (tertiary/aromatic N) is 3. The second-order valence-corrected chi connectivity index (χ2v) is 7.31. The predicted octanol–water partition coefficient (Wildman–Crippen LogP) is 3.42. The van der Waals surface area contributed by atoms with Gasteiger partial charge in [-0.15, -0.1) is 0 Å². The molecule has 0 saturated carbocycles. The molecule has 2 N–H and O–H groups in total. The summed E-state index contributed by atoms with van der Waals surface area (Å²) in [6.45, 7) is 1.86. The molecule has 3 heterocycles. The van der Waals surface area contributed by atoms with E-state index in [1.54, 1.807) is 36.4 Å². The predicted molar refractivity (Wildman–Crippen MR) is 114 cm³/mol. The van der Waals surface area contributed by atoms with Crippen LogP contribution in [0.1, 0.15) is 42.7 Å². The van der Waals surface area contributed by atoms with Gasteiger partial charge in [0.2, 0.25) is 0 Å². The number of fused-ring (bicyclic) bond motifs is 1. The van der Waals surface area contributed by atoms with E-state index < -0.39 is 11.8 Å². The summed E-state index contributed by atoms with van der Waals surface area (Å²) in [5, 5.41) is 9.69. The van der Waals surface area contributed by atoms with E-state index in [1.165, 1.54) is 24.5 Å². The molecule has 0 unspecified atom stereocenters. The molecule has 2 aromatic carbocycles. The number of anilines is 1. The van der Waals surface area contributed by atoms with Gasteiger partial charge in [-0.1, -0.05) is 0 Å². The van der Waals surface area contributed by atoms with E-state index in [0.717, 1.165) is 10.5 Å². The van der Waals surface area contributed by atoms with Gasteiger partial charge in [-0.25, -0.2) is 4.98 Å². The summed E-state index contributed by atoms with van der Waals surface area (Å²) in [5.41, 5.74) is 2.13. The van der Waals surface area contributed by atoms with E-state index in [9.17, 15) is 14.4 Å². The number of imide groups is 1. The number of aromatic nitrogens is 3. The zero-order valence-electron chi connectivity index (χ0n) is 17.0. The maximum Gasteiger partial charge on any atom is 0.261 e. The highest BCUT2D eigenvalue weighted by Gasteiger charge is 2.36. The molecule has 0 aliphatic carbocycles. The van der Waals surface area contributed by atoms with Crippen LogP contribution in [0, 0.1) is 6.92 Å². The Labute approximate surface area is 182 Å². The number of H-pyrrole nitrogens is 1. The number of furan rings is 1. The second-order valence-electron chi connectivity index (χ2n) is 7.31. The number of hydrogen-bond donors (Lipinski definition) is 2. The van der Waals surface area contributed by atoms with E-state index in [1.807, 2.05) is 6.92 Å². The molecule has 9 nitrogen and oxygen atoms in total. The topological polar surface area (TPSA) is 121 Å². The highest BCUT2D eigenvalue weighted by molar-refractivity contribution is 6.22. The molecule has 158 valence electrons. The largest absolute Gasteiger partial charge is 0.467 e. The van der Waals surface area contributed by atoms with Crippen LogP contribution in [0.4, 0.5) is 5.69 Å². The molecule has 1 aliphatic heterocycles. The number of rotatable bonds is 5.